The molecule has 152 valence electrons. The highest BCUT2D eigenvalue weighted by Gasteiger charge is 2.23. The molecule has 3 aromatic rings. The lowest BCUT2D eigenvalue weighted by Gasteiger charge is -2.22. The lowest BCUT2D eigenvalue weighted by atomic mass is 9.88. The minimum atomic E-state index is -3.69. The Morgan fingerprint density at radius 1 is 1.14 bits per heavy atom. The standard InChI is InChI=1S/C23H25NO4S/c1-15(2)21(14-24-29(26,27)19-10-5-16(3)6-11-19)23-20-13-18(28-4)9-7-17(20)8-12-22(23)25/h5-13,21,24-25H,1,14H2,2-4H3/t21-/m1/s1. The molecule has 0 bridgehead atoms. The molecule has 0 spiro atoms. The van der Waals surface area contributed by atoms with Gasteiger partial charge in [0.25, 0.3) is 0 Å². The summed E-state index contributed by atoms with van der Waals surface area (Å²) in [6, 6.07) is 15.7. The number of nitrogens with one attached hydrogen (secondary N) is 1. The van der Waals surface area contributed by atoms with E-state index in [-0.39, 0.29) is 17.2 Å². The van der Waals surface area contributed by atoms with Crippen LogP contribution in [0.15, 0.2) is 71.6 Å². The number of rotatable bonds is 7. The second kappa shape index (κ2) is 8.27. The third-order valence-corrected chi connectivity index (χ3v) is 6.44. The molecule has 3 rings (SSSR count). The van der Waals surface area contributed by atoms with Crippen LogP contribution < -0.4 is 9.46 Å². The van der Waals surface area contributed by atoms with Crippen LogP contribution in [0.3, 0.4) is 0 Å². The number of methoxy groups -OCH3 is 1. The molecule has 0 aliphatic carbocycles. The summed E-state index contributed by atoms with van der Waals surface area (Å²) in [5, 5.41) is 12.3. The van der Waals surface area contributed by atoms with Gasteiger partial charge in [0.2, 0.25) is 10.0 Å². The third-order valence-electron chi connectivity index (χ3n) is 5.00. The minimum absolute atomic E-state index is 0.0788. The Kier molecular flexibility index (Phi) is 5.96. The monoisotopic (exact) mass is 411 g/mol. The zero-order valence-corrected chi connectivity index (χ0v) is 17.6. The highest BCUT2D eigenvalue weighted by molar-refractivity contribution is 7.89. The van der Waals surface area contributed by atoms with Crippen molar-refractivity contribution in [2.24, 2.45) is 0 Å². The van der Waals surface area contributed by atoms with E-state index in [0.29, 0.717) is 11.3 Å². The van der Waals surface area contributed by atoms with Crippen LogP contribution >= 0.6 is 0 Å². The molecule has 0 saturated carbocycles. The van der Waals surface area contributed by atoms with Gasteiger partial charge in [0.15, 0.2) is 0 Å². The molecule has 2 N–H and O–H groups in total. The Morgan fingerprint density at radius 2 is 1.79 bits per heavy atom. The zero-order valence-electron chi connectivity index (χ0n) is 16.8. The Hall–Kier alpha value is -2.83. The van der Waals surface area contributed by atoms with Gasteiger partial charge in [-0.1, -0.05) is 42.0 Å². The number of aryl methyl sites for hydroxylation is 1. The number of phenolic OH excluding ortho intramolecular Hbond substituents is 1. The lowest BCUT2D eigenvalue weighted by Crippen LogP contribution is -2.29. The number of hydrogen-bond acceptors (Lipinski definition) is 4. The van der Waals surface area contributed by atoms with Crippen molar-refractivity contribution in [1.29, 1.82) is 0 Å². The van der Waals surface area contributed by atoms with Crippen LogP contribution in [0.5, 0.6) is 11.5 Å². The molecule has 0 fully saturated rings. The van der Waals surface area contributed by atoms with Crippen LogP contribution in [0, 0.1) is 6.92 Å². The molecule has 0 aromatic heterocycles. The first-order valence-corrected chi connectivity index (χ1v) is 10.7. The maximum atomic E-state index is 12.7. The summed E-state index contributed by atoms with van der Waals surface area (Å²) in [7, 11) is -2.11. The first-order valence-electron chi connectivity index (χ1n) is 9.24. The van der Waals surface area contributed by atoms with Crippen LogP contribution in [0.4, 0.5) is 0 Å². The largest absolute Gasteiger partial charge is 0.508 e. The van der Waals surface area contributed by atoms with Gasteiger partial charge < -0.3 is 9.84 Å². The van der Waals surface area contributed by atoms with Crippen molar-refractivity contribution in [1.82, 2.24) is 4.72 Å². The molecular formula is C23H25NO4S. The summed E-state index contributed by atoms with van der Waals surface area (Å²) >= 11 is 0. The van der Waals surface area contributed by atoms with Crippen LogP contribution in [0.25, 0.3) is 10.8 Å². The fourth-order valence-electron chi connectivity index (χ4n) is 3.32. The van der Waals surface area contributed by atoms with Gasteiger partial charge in [0, 0.05) is 18.0 Å². The molecule has 29 heavy (non-hydrogen) atoms. The van der Waals surface area contributed by atoms with E-state index in [1.807, 2.05) is 38.1 Å². The van der Waals surface area contributed by atoms with Gasteiger partial charge in [-0.3, -0.25) is 0 Å². The Labute approximate surface area is 171 Å². The molecular weight excluding hydrogens is 386 g/mol. The Bertz CT molecular complexity index is 1150. The van der Waals surface area contributed by atoms with Crippen LogP contribution in [-0.4, -0.2) is 27.2 Å². The average molecular weight is 412 g/mol. The van der Waals surface area contributed by atoms with Crippen molar-refractivity contribution in [3.8, 4) is 11.5 Å². The molecule has 3 aromatic carbocycles. The van der Waals surface area contributed by atoms with Crippen molar-refractivity contribution in [3.05, 3.63) is 77.9 Å². The lowest BCUT2D eigenvalue weighted by molar-refractivity contribution is 0.415. The smallest absolute Gasteiger partial charge is 0.240 e. The normalized spacial score (nSPS) is 12.7. The number of fused-ring (bicyclic) bond motifs is 1. The first-order chi connectivity index (χ1) is 13.7. The molecule has 0 heterocycles. The van der Waals surface area contributed by atoms with Crippen LogP contribution in [0.2, 0.25) is 0 Å². The van der Waals surface area contributed by atoms with Crippen molar-refractivity contribution in [2.45, 2.75) is 24.7 Å². The van der Waals surface area contributed by atoms with E-state index < -0.39 is 15.9 Å². The summed E-state index contributed by atoms with van der Waals surface area (Å²) in [4.78, 5) is 0.201. The molecule has 0 aliphatic heterocycles. The van der Waals surface area contributed by atoms with Crippen molar-refractivity contribution in [2.75, 3.05) is 13.7 Å². The van der Waals surface area contributed by atoms with E-state index in [2.05, 4.69) is 11.3 Å². The number of sulfonamides is 1. The van der Waals surface area contributed by atoms with Crippen LogP contribution in [-0.2, 0) is 10.0 Å². The van der Waals surface area contributed by atoms with E-state index in [4.69, 9.17) is 4.74 Å². The summed E-state index contributed by atoms with van der Waals surface area (Å²) in [6.45, 7) is 7.83. The van der Waals surface area contributed by atoms with Gasteiger partial charge in [-0.05, 0) is 55.0 Å². The summed E-state index contributed by atoms with van der Waals surface area (Å²) in [5.74, 6) is 0.337. The number of hydrogen-bond donors (Lipinski definition) is 2. The quantitative estimate of drug-likeness (QED) is 0.561. The number of aromatic hydroxyl groups is 1. The zero-order chi connectivity index (χ0) is 21.2. The van der Waals surface area contributed by atoms with E-state index in [9.17, 15) is 13.5 Å². The molecule has 0 aliphatic rings. The minimum Gasteiger partial charge on any atom is -0.508 e. The first kappa shape index (κ1) is 20.9. The van der Waals surface area contributed by atoms with E-state index in [1.165, 1.54) is 0 Å². The highest BCUT2D eigenvalue weighted by atomic mass is 32.2. The molecule has 0 amide bonds. The van der Waals surface area contributed by atoms with E-state index >= 15 is 0 Å². The summed E-state index contributed by atoms with van der Waals surface area (Å²) in [5.41, 5.74) is 2.35. The van der Waals surface area contributed by atoms with Gasteiger partial charge in [0.05, 0.1) is 12.0 Å². The van der Waals surface area contributed by atoms with Gasteiger partial charge >= 0.3 is 0 Å². The van der Waals surface area contributed by atoms with Crippen LogP contribution in [0.1, 0.15) is 24.0 Å². The number of ether oxygens (including phenoxy) is 1. The summed E-state index contributed by atoms with van der Waals surface area (Å²) < 4.78 is 33.4. The van der Waals surface area contributed by atoms with Gasteiger partial charge in [-0.15, -0.1) is 0 Å². The maximum Gasteiger partial charge on any atom is 0.240 e. The molecule has 0 unspecified atom stereocenters. The average Bonchev–Trinajstić information content (AvgIpc) is 2.69. The molecule has 0 saturated heterocycles. The highest BCUT2D eigenvalue weighted by Crippen LogP contribution is 2.38. The second-order valence-electron chi connectivity index (χ2n) is 7.15. The second-order valence-corrected chi connectivity index (χ2v) is 8.92. The SMILES string of the molecule is C=C(C)[C@@H](CNS(=O)(=O)c1ccc(C)cc1)c1c(O)ccc2ccc(OC)cc12. The van der Waals surface area contributed by atoms with Crippen molar-refractivity contribution in [3.63, 3.8) is 0 Å². The summed E-state index contributed by atoms with van der Waals surface area (Å²) in [6.07, 6.45) is 0. The fraction of sp³-hybridized carbons (Fsp3) is 0.217. The van der Waals surface area contributed by atoms with Gasteiger partial charge in [-0.25, -0.2) is 13.1 Å². The maximum absolute atomic E-state index is 12.7. The molecule has 0 radical (unpaired) electrons. The fourth-order valence-corrected chi connectivity index (χ4v) is 4.37. The van der Waals surface area contributed by atoms with E-state index in [1.54, 1.807) is 37.4 Å². The predicted octanol–water partition coefficient (Wildman–Crippen LogP) is 4.50. The number of phenols is 1. The number of benzene rings is 3. The van der Waals surface area contributed by atoms with Crippen molar-refractivity contribution < 1.29 is 18.3 Å². The molecule has 1 atom stereocenters. The van der Waals surface area contributed by atoms with Crippen molar-refractivity contribution >= 4 is 20.8 Å². The van der Waals surface area contributed by atoms with Gasteiger partial charge in [0.1, 0.15) is 11.5 Å². The Balaban J connectivity index is 1.99. The van der Waals surface area contributed by atoms with E-state index in [0.717, 1.165) is 21.9 Å². The molecule has 6 heteroatoms. The molecule has 5 nitrogen and oxygen atoms in total. The topological polar surface area (TPSA) is 75.6 Å². The third kappa shape index (κ3) is 4.44. The van der Waals surface area contributed by atoms with Gasteiger partial charge in [-0.2, -0.15) is 0 Å². The Morgan fingerprint density at radius 3 is 2.41 bits per heavy atom. The predicted molar refractivity (Wildman–Crippen MR) is 116 cm³/mol.